The van der Waals surface area contributed by atoms with Gasteiger partial charge < -0.3 is 27.5 Å². The number of hydrogen-bond acceptors (Lipinski definition) is 6. The van der Waals surface area contributed by atoms with E-state index in [4.69, 9.17) is 27.5 Å². The fourth-order valence-corrected chi connectivity index (χ4v) is 5.49. The van der Waals surface area contributed by atoms with Crippen LogP contribution in [0.15, 0.2) is 0 Å². The second-order valence-electron chi connectivity index (χ2n) is 14.5. The van der Waals surface area contributed by atoms with Gasteiger partial charge >= 0.3 is 0 Å². The fourth-order valence-electron chi connectivity index (χ4n) is 2.40. The molecule has 0 spiro atoms. The number of ether oxygens (including phenoxy) is 3. The molecule has 9 heteroatoms. The molecule has 0 aliphatic heterocycles. The van der Waals surface area contributed by atoms with Crippen LogP contribution in [-0.4, -0.2) is 83.9 Å². The van der Waals surface area contributed by atoms with Gasteiger partial charge in [-0.15, -0.1) is 0 Å². The van der Waals surface area contributed by atoms with Gasteiger partial charge in [0.05, 0.1) is 52.9 Å². The predicted molar refractivity (Wildman–Crippen MR) is 161 cm³/mol. The van der Waals surface area contributed by atoms with Crippen molar-refractivity contribution in [2.24, 2.45) is 0 Å². The van der Waals surface area contributed by atoms with Crippen LogP contribution in [-0.2, 0) is 27.5 Å². The van der Waals surface area contributed by atoms with Gasteiger partial charge in [-0.25, -0.2) is 0 Å². The lowest BCUT2D eigenvalue weighted by Gasteiger charge is -2.37. The highest BCUT2D eigenvalue weighted by Crippen LogP contribution is 2.38. The van der Waals surface area contributed by atoms with Crippen LogP contribution in [0.2, 0.25) is 54.4 Å². The van der Waals surface area contributed by atoms with Gasteiger partial charge in [0.2, 0.25) is 0 Å². The summed E-state index contributed by atoms with van der Waals surface area (Å²) in [7, 11) is -5.35. The number of hydrogen-bond donors (Lipinski definition) is 0. The zero-order valence-corrected chi connectivity index (χ0v) is 29.7. The van der Waals surface area contributed by atoms with Crippen LogP contribution in [0.5, 0.6) is 0 Å². The lowest BCUT2D eigenvalue weighted by atomic mass is 10.2. The molecule has 0 rings (SSSR count). The van der Waals surface area contributed by atoms with E-state index in [9.17, 15) is 0 Å². The first-order valence-electron chi connectivity index (χ1n) is 13.7. The summed E-state index contributed by atoms with van der Waals surface area (Å²) >= 11 is 0. The van der Waals surface area contributed by atoms with E-state index in [-0.39, 0.29) is 21.2 Å². The van der Waals surface area contributed by atoms with E-state index in [0.717, 1.165) is 0 Å². The molecule has 0 saturated heterocycles. The van der Waals surface area contributed by atoms with Gasteiger partial charge in [0, 0.05) is 0 Å². The minimum absolute atomic E-state index is 0.126. The Balaban J connectivity index is 4.57. The topological polar surface area (TPSA) is 55.4 Å². The Morgan fingerprint density at radius 3 is 1.22 bits per heavy atom. The monoisotopic (exact) mass is 566 g/mol. The fraction of sp³-hybridized carbons (Fsp3) is 1.00. The largest absolute Gasteiger partial charge is 0.414 e. The van der Waals surface area contributed by atoms with E-state index < -0.39 is 25.0 Å². The lowest BCUT2D eigenvalue weighted by Crippen LogP contribution is -2.44. The molecule has 0 aromatic rings. The van der Waals surface area contributed by atoms with Gasteiger partial charge in [0.1, 0.15) is 6.10 Å². The molecule has 0 aliphatic carbocycles. The minimum atomic E-state index is -1.87. The molecular weight excluding hydrogens is 505 g/mol. The van der Waals surface area contributed by atoms with Crippen molar-refractivity contribution in [3.05, 3.63) is 0 Å². The molecule has 0 N–H and O–H groups in total. The van der Waals surface area contributed by atoms with Crippen molar-refractivity contribution in [1.82, 2.24) is 0 Å². The molecule has 0 amide bonds. The molecule has 6 nitrogen and oxygen atoms in total. The SMILES string of the molecule is CC(C)(C)[Si](C)(C)OCCOCCOC(COCCO[Si](C)(C)C(C)(C)C)CO[Si](C)(C)C(C)(C)C. The van der Waals surface area contributed by atoms with Crippen LogP contribution in [0, 0.1) is 0 Å². The molecule has 0 aromatic carbocycles. The van der Waals surface area contributed by atoms with Crippen molar-refractivity contribution in [3.8, 4) is 0 Å². The minimum Gasteiger partial charge on any atom is -0.414 e. The third kappa shape index (κ3) is 13.5. The van der Waals surface area contributed by atoms with Crippen LogP contribution < -0.4 is 0 Å². The van der Waals surface area contributed by atoms with E-state index in [1.165, 1.54) is 0 Å². The van der Waals surface area contributed by atoms with Crippen molar-refractivity contribution in [1.29, 1.82) is 0 Å². The van der Waals surface area contributed by atoms with Gasteiger partial charge in [0.15, 0.2) is 25.0 Å². The van der Waals surface area contributed by atoms with E-state index in [1.54, 1.807) is 0 Å². The smallest absolute Gasteiger partial charge is 0.192 e. The van der Waals surface area contributed by atoms with Crippen molar-refractivity contribution >= 4 is 25.0 Å². The van der Waals surface area contributed by atoms with Gasteiger partial charge in [0.25, 0.3) is 0 Å². The molecule has 36 heavy (non-hydrogen) atoms. The van der Waals surface area contributed by atoms with E-state index in [2.05, 4.69) is 102 Å². The highest BCUT2D eigenvalue weighted by molar-refractivity contribution is 6.74. The quantitative estimate of drug-likeness (QED) is 0.134. The van der Waals surface area contributed by atoms with Crippen LogP contribution in [0.25, 0.3) is 0 Å². The summed E-state index contributed by atoms with van der Waals surface area (Å²) in [6.45, 7) is 38.3. The summed E-state index contributed by atoms with van der Waals surface area (Å²) in [5.74, 6) is 0. The van der Waals surface area contributed by atoms with E-state index >= 15 is 0 Å². The Morgan fingerprint density at radius 2 is 0.806 bits per heavy atom. The maximum Gasteiger partial charge on any atom is 0.192 e. The van der Waals surface area contributed by atoms with Crippen LogP contribution in [0.3, 0.4) is 0 Å². The standard InChI is InChI=1S/C27H62O6Si3/c1-25(2,3)34(10,11)31-20-17-28-16-19-30-24(23-33-36(14,15)27(7,8)9)22-29-18-21-32-35(12,13)26(4,5)6/h24H,16-23H2,1-15H3. The summed E-state index contributed by atoms with van der Waals surface area (Å²) < 4.78 is 36.7. The second kappa shape index (κ2) is 14.7. The van der Waals surface area contributed by atoms with Crippen LogP contribution in [0.4, 0.5) is 0 Å². The first-order chi connectivity index (χ1) is 16.0. The first-order valence-corrected chi connectivity index (χ1v) is 22.4. The van der Waals surface area contributed by atoms with Crippen molar-refractivity contribution in [3.63, 3.8) is 0 Å². The van der Waals surface area contributed by atoms with Gasteiger partial charge in [-0.3, -0.25) is 0 Å². The second-order valence-corrected chi connectivity index (χ2v) is 28.9. The van der Waals surface area contributed by atoms with Crippen LogP contribution >= 0.6 is 0 Å². The van der Waals surface area contributed by atoms with Crippen LogP contribution in [0.1, 0.15) is 62.3 Å². The molecule has 0 aliphatic rings. The highest BCUT2D eigenvalue weighted by Gasteiger charge is 2.39. The van der Waals surface area contributed by atoms with Crippen molar-refractivity contribution in [2.75, 3.05) is 52.9 Å². The van der Waals surface area contributed by atoms with Gasteiger partial charge in [-0.2, -0.15) is 0 Å². The Labute approximate surface area is 227 Å². The Hall–Kier alpha value is 0.411. The maximum atomic E-state index is 6.43. The maximum absolute atomic E-state index is 6.43. The third-order valence-corrected chi connectivity index (χ3v) is 21.9. The molecule has 0 heterocycles. The zero-order chi connectivity index (χ0) is 28.5. The van der Waals surface area contributed by atoms with Gasteiger partial charge in [-0.05, 0) is 54.4 Å². The molecule has 0 bridgehead atoms. The average molecular weight is 567 g/mol. The van der Waals surface area contributed by atoms with Crippen molar-refractivity contribution < 1.29 is 27.5 Å². The molecule has 1 atom stereocenters. The summed E-state index contributed by atoms with van der Waals surface area (Å²) in [6, 6.07) is 0. The molecule has 0 saturated carbocycles. The van der Waals surface area contributed by atoms with Crippen molar-refractivity contribution in [2.45, 2.75) is 123 Å². The summed E-state index contributed by atoms with van der Waals surface area (Å²) in [5, 5.41) is 0.567. The number of rotatable bonds is 17. The first kappa shape index (κ1) is 36.4. The molecular formula is C27H62O6Si3. The normalized spacial score (nSPS) is 15.4. The summed E-state index contributed by atoms with van der Waals surface area (Å²) in [5.41, 5.74) is 0. The molecule has 0 aromatic heterocycles. The highest BCUT2D eigenvalue weighted by atomic mass is 28.4. The molecule has 218 valence electrons. The molecule has 1 unspecified atom stereocenters. The molecule has 0 radical (unpaired) electrons. The average Bonchev–Trinajstić information content (AvgIpc) is 2.67. The Kier molecular flexibility index (Phi) is 14.9. The molecule has 0 fully saturated rings. The van der Waals surface area contributed by atoms with E-state index in [0.29, 0.717) is 52.9 Å². The Morgan fingerprint density at radius 1 is 0.444 bits per heavy atom. The summed E-state index contributed by atoms with van der Waals surface area (Å²) in [4.78, 5) is 0. The van der Waals surface area contributed by atoms with E-state index in [1.807, 2.05) is 0 Å². The third-order valence-electron chi connectivity index (χ3n) is 8.31. The zero-order valence-electron chi connectivity index (χ0n) is 26.7. The lowest BCUT2D eigenvalue weighted by molar-refractivity contribution is -0.0611. The summed E-state index contributed by atoms with van der Waals surface area (Å²) in [6.07, 6.45) is -0.126. The Bertz CT molecular complexity index is 604. The van der Waals surface area contributed by atoms with Gasteiger partial charge in [-0.1, -0.05) is 62.3 Å². The predicted octanol–water partition coefficient (Wildman–Crippen LogP) is 7.47.